The maximum Gasteiger partial charge on any atom is 0.252 e. The van der Waals surface area contributed by atoms with E-state index >= 15 is 0 Å². The van der Waals surface area contributed by atoms with Crippen molar-refractivity contribution in [2.45, 2.75) is 17.2 Å². The summed E-state index contributed by atoms with van der Waals surface area (Å²) >= 11 is 0.999. The number of carbonyl (C=O) groups is 1. The van der Waals surface area contributed by atoms with Gasteiger partial charge in [-0.3, -0.25) is 4.79 Å². The minimum Gasteiger partial charge on any atom is -0.618 e. The fourth-order valence-corrected chi connectivity index (χ4v) is 2.56. The zero-order valence-electron chi connectivity index (χ0n) is 10.5. The van der Waals surface area contributed by atoms with Crippen molar-refractivity contribution in [1.82, 2.24) is 0 Å². The van der Waals surface area contributed by atoms with Crippen molar-refractivity contribution in [3.05, 3.63) is 65.0 Å². The lowest BCUT2D eigenvalue weighted by molar-refractivity contribution is -0.645. The molecule has 0 saturated heterocycles. The molecular formula is C14H11F2NO2S. The lowest BCUT2D eigenvalue weighted by atomic mass is 10.1. The van der Waals surface area contributed by atoms with Crippen LogP contribution in [0, 0.1) is 16.8 Å². The third-order valence-electron chi connectivity index (χ3n) is 2.65. The molecule has 104 valence electrons. The van der Waals surface area contributed by atoms with Crippen LogP contribution in [0.15, 0.2) is 47.6 Å². The Kier molecular flexibility index (Phi) is 4.34. The fraction of sp³-hybridized carbons (Fsp3) is 0.143. The third kappa shape index (κ3) is 3.14. The van der Waals surface area contributed by atoms with Crippen LogP contribution >= 0.6 is 11.8 Å². The van der Waals surface area contributed by atoms with Gasteiger partial charge in [-0.1, -0.05) is 0 Å². The maximum absolute atomic E-state index is 13.5. The van der Waals surface area contributed by atoms with Gasteiger partial charge in [-0.15, -0.1) is 0 Å². The Hall–Kier alpha value is -1.95. The van der Waals surface area contributed by atoms with E-state index in [-0.39, 0.29) is 5.56 Å². The molecule has 0 aliphatic heterocycles. The summed E-state index contributed by atoms with van der Waals surface area (Å²) in [4.78, 5) is 12.1. The number of thioether (sulfide) groups is 1. The summed E-state index contributed by atoms with van der Waals surface area (Å²) in [5.41, 5.74) is -0.307. The highest BCUT2D eigenvalue weighted by atomic mass is 32.2. The average Bonchev–Trinajstić information content (AvgIpc) is 2.43. The SMILES string of the molecule is CC(Sc1cccc[n+]1[O-])C(=O)c1cc(F)ccc1F. The summed E-state index contributed by atoms with van der Waals surface area (Å²) in [6.45, 7) is 1.55. The number of rotatable bonds is 4. The Morgan fingerprint density at radius 3 is 2.75 bits per heavy atom. The molecular weight excluding hydrogens is 284 g/mol. The zero-order valence-corrected chi connectivity index (χ0v) is 11.4. The summed E-state index contributed by atoms with van der Waals surface area (Å²) in [7, 11) is 0. The molecule has 0 amide bonds. The smallest absolute Gasteiger partial charge is 0.252 e. The highest BCUT2D eigenvalue weighted by Crippen LogP contribution is 2.24. The number of Topliss-reactive ketones (excluding diaryl/α,β-unsaturated/α-hetero) is 1. The van der Waals surface area contributed by atoms with E-state index in [1.165, 1.54) is 6.20 Å². The fourth-order valence-electron chi connectivity index (χ4n) is 1.64. The first kappa shape index (κ1) is 14.5. The molecule has 2 rings (SSSR count). The quantitative estimate of drug-likeness (QED) is 0.377. The predicted molar refractivity (Wildman–Crippen MR) is 71.4 cm³/mol. The Morgan fingerprint density at radius 2 is 2.05 bits per heavy atom. The molecule has 20 heavy (non-hydrogen) atoms. The Labute approximate surface area is 118 Å². The van der Waals surface area contributed by atoms with Gasteiger partial charge >= 0.3 is 0 Å². The largest absolute Gasteiger partial charge is 0.618 e. The van der Waals surface area contributed by atoms with E-state index in [9.17, 15) is 18.8 Å². The molecule has 0 spiro atoms. The molecule has 3 nitrogen and oxygen atoms in total. The van der Waals surface area contributed by atoms with Crippen LogP contribution in [0.5, 0.6) is 0 Å². The summed E-state index contributed by atoms with van der Waals surface area (Å²) in [5, 5.41) is 11.1. The van der Waals surface area contributed by atoms with Gasteiger partial charge in [-0.05, 0) is 43.0 Å². The first-order chi connectivity index (χ1) is 9.49. The number of ketones is 1. The molecule has 0 aliphatic rings. The van der Waals surface area contributed by atoms with Crippen molar-refractivity contribution in [3.63, 3.8) is 0 Å². The molecule has 1 heterocycles. The first-order valence-electron chi connectivity index (χ1n) is 5.83. The molecule has 1 unspecified atom stereocenters. The van der Waals surface area contributed by atoms with Crippen LogP contribution in [0.2, 0.25) is 0 Å². The minimum absolute atomic E-state index is 0.307. The van der Waals surface area contributed by atoms with Crippen LogP contribution in [-0.4, -0.2) is 11.0 Å². The van der Waals surface area contributed by atoms with Crippen molar-refractivity contribution < 1.29 is 18.3 Å². The number of pyridine rings is 1. The van der Waals surface area contributed by atoms with Crippen molar-refractivity contribution in [1.29, 1.82) is 0 Å². The van der Waals surface area contributed by atoms with Gasteiger partial charge in [0.2, 0.25) is 0 Å². The summed E-state index contributed by atoms with van der Waals surface area (Å²) in [6, 6.07) is 7.52. The van der Waals surface area contributed by atoms with E-state index in [4.69, 9.17) is 0 Å². The number of halogens is 2. The molecule has 1 aromatic heterocycles. The van der Waals surface area contributed by atoms with Crippen LogP contribution in [-0.2, 0) is 0 Å². The number of nitrogens with zero attached hydrogens (tertiary/aromatic N) is 1. The van der Waals surface area contributed by atoms with Crippen molar-refractivity contribution in [2.75, 3.05) is 0 Å². The van der Waals surface area contributed by atoms with Gasteiger partial charge in [0.25, 0.3) is 5.03 Å². The van der Waals surface area contributed by atoms with Gasteiger partial charge in [0.05, 0.1) is 10.8 Å². The minimum atomic E-state index is -0.771. The second-order valence-corrected chi connectivity index (χ2v) is 5.47. The number of hydrogen-bond acceptors (Lipinski definition) is 3. The normalized spacial score (nSPS) is 12.2. The van der Waals surface area contributed by atoms with Gasteiger partial charge < -0.3 is 5.21 Å². The van der Waals surface area contributed by atoms with E-state index in [1.807, 2.05) is 0 Å². The van der Waals surface area contributed by atoms with Crippen LogP contribution in [0.4, 0.5) is 8.78 Å². The number of carbonyl (C=O) groups excluding carboxylic acids is 1. The van der Waals surface area contributed by atoms with E-state index in [0.717, 1.165) is 30.0 Å². The molecule has 2 aromatic rings. The number of aromatic nitrogens is 1. The molecule has 0 bridgehead atoms. The Balaban J connectivity index is 2.21. The third-order valence-corrected chi connectivity index (χ3v) is 3.77. The van der Waals surface area contributed by atoms with Crippen molar-refractivity contribution in [3.8, 4) is 0 Å². The second-order valence-electron chi connectivity index (χ2n) is 4.11. The van der Waals surface area contributed by atoms with Gasteiger partial charge in [0.15, 0.2) is 12.0 Å². The first-order valence-corrected chi connectivity index (χ1v) is 6.71. The van der Waals surface area contributed by atoms with Crippen LogP contribution in [0.25, 0.3) is 0 Å². The summed E-state index contributed by atoms with van der Waals surface area (Å²) < 4.78 is 27.2. The molecule has 0 aliphatic carbocycles. The van der Waals surface area contributed by atoms with E-state index in [0.29, 0.717) is 9.76 Å². The summed E-state index contributed by atoms with van der Waals surface area (Å²) in [6.07, 6.45) is 1.31. The van der Waals surface area contributed by atoms with E-state index in [2.05, 4.69) is 0 Å². The predicted octanol–water partition coefficient (Wildman–Crippen LogP) is 2.96. The molecule has 0 saturated carbocycles. The Morgan fingerprint density at radius 1 is 1.30 bits per heavy atom. The zero-order chi connectivity index (χ0) is 14.7. The van der Waals surface area contributed by atoms with Gasteiger partial charge in [-0.25, -0.2) is 8.78 Å². The standard InChI is InChI=1S/C14H11F2NO2S/c1-9(20-13-4-2-3-7-17(13)19)14(18)11-8-10(15)5-6-12(11)16/h2-9H,1H3. The van der Waals surface area contributed by atoms with Crippen molar-refractivity contribution in [2.24, 2.45) is 0 Å². The Bertz CT molecular complexity index is 649. The molecule has 0 fully saturated rings. The van der Waals surface area contributed by atoms with Crippen molar-refractivity contribution >= 4 is 17.5 Å². The second kappa shape index (κ2) is 6.00. The molecule has 1 aromatic carbocycles. The van der Waals surface area contributed by atoms with Crippen LogP contribution in [0.3, 0.4) is 0 Å². The number of benzene rings is 1. The van der Waals surface area contributed by atoms with Crippen LogP contribution < -0.4 is 4.73 Å². The highest BCUT2D eigenvalue weighted by Gasteiger charge is 2.23. The number of hydrogen-bond donors (Lipinski definition) is 0. The molecule has 0 N–H and O–H groups in total. The topological polar surface area (TPSA) is 44.0 Å². The van der Waals surface area contributed by atoms with E-state index in [1.54, 1.807) is 25.1 Å². The van der Waals surface area contributed by atoms with Gasteiger partial charge in [-0.2, -0.15) is 4.73 Å². The highest BCUT2D eigenvalue weighted by molar-refractivity contribution is 8.00. The van der Waals surface area contributed by atoms with E-state index < -0.39 is 22.7 Å². The van der Waals surface area contributed by atoms with Gasteiger partial charge in [0, 0.05) is 12.1 Å². The average molecular weight is 295 g/mol. The lowest BCUT2D eigenvalue weighted by Gasteiger charge is -2.10. The van der Waals surface area contributed by atoms with Gasteiger partial charge in [0.1, 0.15) is 11.6 Å². The van der Waals surface area contributed by atoms with Crippen LogP contribution in [0.1, 0.15) is 17.3 Å². The lowest BCUT2D eigenvalue weighted by Crippen LogP contribution is -2.29. The summed E-state index contributed by atoms with van der Waals surface area (Å²) in [5.74, 6) is -2.01. The molecule has 6 heteroatoms. The molecule has 1 atom stereocenters. The maximum atomic E-state index is 13.5. The molecule has 0 radical (unpaired) electrons. The monoisotopic (exact) mass is 295 g/mol.